The van der Waals surface area contributed by atoms with Crippen molar-refractivity contribution in [3.63, 3.8) is 0 Å². The Morgan fingerprint density at radius 3 is 3.18 bits per heavy atom. The van der Waals surface area contributed by atoms with Gasteiger partial charge in [0.15, 0.2) is 0 Å². The fourth-order valence-electron chi connectivity index (χ4n) is 1.25. The average Bonchev–Trinajstić information content (AvgIpc) is 2.55. The fourth-order valence-corrected chi connectivity index (χ4v) is 1.66. The Morgan fingerprint density at radius 1 is 1.73 bits per heavy atom. The number of nitrogens with zero attached hydrogens (tertiary/aromatic N) is 2. The maximum atomic E-state index is 5.26. The van der Waals surface area contributed by atoms with Gasteiger partial charge in [-0.1, -0.05) is 0 Å². The molecule has 0 bridgehead atoms. The number of aromatic nitrogens is 2. The summed E-state index contributed by atoms with van der Waals surface area (Å²) >= 11 is 2.26. The second-order valence-electron chi connectivity index (χ2n) is 2.66. The van der Waals surface area contributed by atoms with Gasteiger partial charge in [-0.15, -0.1) is 0 Å². The lowest BCUT2D eigenvalue weighted by atomic mass is 10.3. The van der Waals surface area contributed by atoms with E-state index in [2.05, 4.69) is 33.9 Å². The molecule has 2 heterocycles. The molecule has 1 aliphatic heterocycles. The van der Waals surface area contributed by atoms with Crippen LogP contribution in [0.5, 0.6) is 0 Å². The van der Waals surface area contributed by atoms with E-state index in [0.717, 1.165) is 19.6 Å². The maximum Gasteiger partial charge on any atom is 0.0774 e. The van der Waals surface area contributed by atoms with Gasteiger partial charge in [0.2, 0.25) is 0 Å². The first-order valence-corrected chi connectivity index (χ1v) is 4.71. The highest BCUT2D eigenvalue weighted by Crippen LogP contribution is 2.18. The summed E-state index contributed by atoms with van der Waals surface area (Å²) in [5, 5.41) is 4.23. The SMILES string of the molecule is Ic1cnn([C@@H]2CCOC2)c1. The number of hydrogen-bond donors (Lipinski definition) is 0. The molecule has 1 fully saturated rings. The second-order valence-corrected chi connectivity index (χ2v) is 3.90. The molecule has 0 radical (unpaired) electrons. The third-order valence-electron chi connectivity index (χ3n) is 1.85. The van der Waals surface area contributed by atoms with Crippen LogP contribution in [0.15, 0.2) is 12.4 Å². The van der Waals surface area contributed by atoms with Crippen LogP contribution in [-0.2, 0) is 4.74 Å². The van der Waals surface area contributed by atoms with Gasteiger partial charge in [-0.05, 0) is 29.0 Å². The maximum absolute atomic E-state index is 5.26. The molecule has 0 spiro atoms. The first-order valence-electron chi connectivity index (χ1n) is 3.63. The zero-order chi connectivity index (χ0) is 7.68. The minimum atomic E-state index is 0.471. The van der Waals surface area contributed by atoms with Gasteiger partial charge >= 0.3 is 0 Å². The summed E-state index contributed by atoms with van der Waals surface area (Å²) in [6.07, 6.45) is 5.02. The summed E-state index contributed by atoms with van der Waals surface area (Å²) < 4.78 is 8.44. The summed E-state index contributed by atoms with van der Waals surface area (Å²) in [6, 6.07) is 0.471. The molecule has 0 aromatic carbocycles. The van der Waals surface area contributed by atoms with E-state index in [1.807, 2.05) is 10.9 Å². The number of rotatable bonds is 1. The van der Waals surface area contributed by atoms with E-state index in [1.54, 1.807) is 0 Å². The lowest BCUT2D eigenvalue weighted by molar-refractivity contribution is 0.184. The van der Waals surface area contributed by atoms with E-state index in [-0.39, 0.29) is 0 Å². The molecule has 1 aromatic rings. The normalized spacial score (nSPS) is 24.3. The van der Waals surface area contributed by atoms with Crippen LogP contribution in [0.3, 0.4) is 0 Å². The van der Waals surface area contributed by atoms with Gasteiger partial charge in [0, 0.05) is 12.8 Å². The summed E-state index contributed by atoms with van der Waals surface area (Å²) in [4.78, 5) is 0. The third kappa shape index (κ3) is 1.56. The lowest BCUT2D eigenvalue weighted by Crippen LogP contribution is -2.08. The highest BCUT2D eigenvalue weighted by molar-refractivity contribution is 14.1. The van der Waals surface area contributed by atoms with Crippen molar-refractivity contribution >= 4 is 22.6 Å². The molecular formula is C7H9IN2O. The van der Waals surface area contributed by atoms with Gasteiger partial charge in [0.1, 0.15) is 0 Å². The fraction of sp³-hybridized carbons (Fsp3) is 0.571. The Kier molecular flexibility index (Phi) is 2.13. The summed E-state index contributed by atoms with van der Waals surface area (Å²) in [5.41, 5.74) is 0. The minimum absolute atomic E-state index is 0.471. The number of halogens is 1. The molecule has 60 valence electrons. The van der Waals surface area contributed by atoms with E-state index < -0.39 is 0 Å². The van der Waals surface area contributed by atoms with Crippen molar-refractivity contribution < 1.29 is 4.74 Å². The van der Waals surface area contributed by atoms with Crippen LogP contribution < -0.4 is 0 Å². The van der Waals surface area contributed by atoms with Crippen molar-refractivity contribution in [3.05, 3.63) is 16.0 Å². The van der Waals surface area contributed by atoms with E-state index in [0.29, 0.717) is 6.04 Å². The van der Waals surface area contributed by atoms with Gasteiger partial charge in [-0.2, -0.15) is 5.10 Å². The van der Waals surface area contributed by atoms with Crippen molar-refractivity contribution in [2.24, 2.45) is 0 Å². The lowest BCUT2D eigenvalue weighted by Gasteiger charge is -2.06. The molecule has 3 nitrogen and oxygen atoms in total. The number of ether oxygens (including phenoxy) is 1. The van der Waals surface area contributed by atoms with Crippen LogP contribution in [0.4, 0.5) is 0 Å². The van der Waals surface area contributed by atoms with Gasteiger partial charge in [-0.3, -0.25) is 4.68 Å². The van der Waals surface area contributed by atoms with Gasteiger partial charge in [-0.25, -0.2) is 0 Å². The molecule has 1 aliphatic rings. The largest absolute Gasteiger partial charge is 0.379 e. The monoisotopic (exact) mass is 264 g/mol. The minimum Gasteiger partial charge on any atom is -0.379 e. The molecule has 0 aliphatic carbocycles. The smallest absolute Gasteiger partial charge is 0.0774 e. The molecular weight excluding hydrogens is 255 g/mol. The second kappa shape index (κ2) is 3.10. The highest BCUT2D eigenvalue weighted by atomic mass is 127. The Bertz CT molecular complexity index is 242. The van der Waals surface area contributed by atoms with Crippen molar-refractivity contribution in [2.75, 3.05) is 13.2 Å². The van der Waals surface area contributed by atoms with Gasteiger partial charge in [0.05, 0.1) is 22.4 Å². The van der Waals surface area contributed by atoms with Crippen LogP contribution in [-0.4, -0.2) is 23.0 Å². The van der Waals surface area contributed by atoms with Crippen LogP contribution in [0, 0.1) is 3.57 Å². The predicted molar refractivity (Wildman–Crippen MR) is 49.4 cm³/mol. The Morgan fingerprint density at radius 2 is 2.64 bits per heavy atom. The summed E-state index contributed by atoms with van der Waals surface area (Å²) in [5.74, 6) is 0. The predicted octanol–water partition coefficient (Wildman–Crippen LogP) is 1.45. The van der Waals surface area contributed by atoms with Crippen LogP contribution in [0.2, 0.25) is 0 Å². The number of hydrogen-bond acceptors (Lipinski definition) is 2. The summed E-state index contributed by atoms with van der Waals surface area (Å²) in [7, 11) is 0. The molecule has 11 heavy (non-hydrogen) atoms. The van der Waals surface area contributed by atoms with Crippen molar-refractivity contribution in [3.8, 4) is 0 Å². The van der Waals surface area contributed by atoms with E-state index in [4.69, 9.17) is 4.74 Å². The zero-order valence-electron chi connectivity index (χ0n) is 6.03. The van der Waals surface area contributed by atoms with E-state index >= 15 is 0 Å². The molecule has 0 saturated carbocycles. The molecule has 4 heteroatoms. The Balaban J connectivity index is 2.15. The standard InChI is InChI=1S/C7H9IN2O/c8-6-3-9-10(4-6)7-1-2-11-5-7/h3-4,7H,1-2,5H2/t7-/m1/s1. The van der Waals surface area contributed by atoms with Gasteiger partial charge < -0.3 is 4.74 Å². The first-order chi connectivity index (χ1) is 5.36. The third-order valence-corrected chi connectivity index (χ3v) is 2.41. The molecule has 1 atom stereocenters. The van der Waals surface area contributed by atoms with Crippen LogP contribution in [0.25, 0.3) is 0 Å². The van der Waals surface area contributed by atoms with Crippen molar-refractivity contribution in [1.29, 1.82) is 0 Å². The van der Waals surface area contributed by atoms with Crippen LogP contribution >= 0.6 is 22.6 Å². The Labute approximate surface area is 78.9 Å². The highest BCUT2D eigenvalue weighted by Gasteiger charge is 2.17. The van der Waals surface area contributed by atoms with Crippen molar-refractivity contribution in [2.45, 2.75) is 12.5 Å². The molecule has 2 rings (SSSR count). The Hall–Kier alpha value is -0.100. The quantitative estimate of drug-likeness (QED) is 0.718. The van der Waals surface area contributed by atoms with Gasteiger partial charge in [0.25, 0.3) is 0 Å². The first kappa shape index (κ1) is 7.54. The molecule has 1 saturated heterocycles. The van der Waals surface area contributed by atoms with Crippen LogP contribution in [0.1, 0.15) is 12.5 Å². The molecule has 0 amide bonds. The average molecular weight is 264 g/mol. The van der Waals surface area contributed by atoms with E-state index in [9.17, 15) is 0 Å². The molecule has 0 unspecified atom stereocenters. The molecule has 0 N–H and O–H groups in total. The molecule has 1 aromatic heterocycles. The topological polar surface area (TPSA) is 27.1 Å². The van der Waals surface area contributed by atoms with E-state index in [1.165, 1.54) is 3.57 Å². The van der Waals surface area contributed by atoms with Crippen molar-refractivity contribution in [1.82, 2.24) is 9.78 Å². The summed E-state index contributed by atoms with van der Waals surface area (Å²) in [6.45, 7) is 1.69. The zero-order valence-corrected chi connectivity index (χ0v) is 8.19.